The van der Waals surface area contributed by atoms with Gasteiger partial charge in [0, 0.05) is 64.3 Å². The van der Waals surface area contributed by atoms with E-state index < -0.39 is 0 Å². The predicted octanol–water partition coefficient (Wildman–Crippen LogP) is 2.73. The fourth-order valence-corrected chi connectivity index (χ4v) is 3.24. The predicted molar refractivity (Wildman–Crippen MR) is 131 cm³/mol. The molecule has 30 heavy (non-hydrogen) atoms. The van der Waals surface area contributed by atoms with Crippen molar-refractivity contribution in [3.63, 3.8) is 0 Å². The van der Waals surface area contributed by atoms with Crippen LogP contribution in [-0.2, 0) is 11.3 Å². The Morgan fingerprint density at radius 2 is 1.77 bits per heavy atom. The van der Waals surface area contributed by atoms with Crippen LogP contribution in [-0.4, -0.2) is 60.0 Å². The average Bonchev–Trinajstić information content (AvgIpc) is 2.76. The van der Waals surface area contributed by atoms with E-state index in [1.165, 1.54) is 0 Å². The Balaban J connectivity index is 0.00000320. The molecule has 162 valence electrons. The van der Waals surface area contributed by atoms with E-state index in [1.54, 1.807) is 19.4 Å². The molecule has 2 heterocycles. The lowest BCUT2D eigenvalue weighted by Gasteiger charge is -2.36. The van der Waals surface area contributed by atoms with E-state index in [9.17, 15) is 4.79 Å². The molecule has 1 aliphatic rings. The van der Waals surface area contributed by atoms with Crippen LogP contribution in [0.15, 0.2) is 47.7 Å². The number of carbonyl (C=O) groups is 1. The highest BCUT2D eigenvalue weighted by Gasteiger charge is 2.20. The van der Waals surface area contributed by atoms with Crippen molar-refractivity contribution in [2.75, 3.05) is 43.4 Å². The van der Waals surface area contributed by atoms with Gasteiger partial charge >= 0.3 is 0 Å². The Bertz CT molecular complexity index is 806. The number of hydrogen-bond donors (Lipinski definition) is 2. The van der Waals surface area contributed by atoms with Crippen LogP contribution < -0.4 is 15.5 Å². The minimum atomic E-state index is 0. The summed E-state index contributed by atoms with van der Waals surface area (Å²) in [5.41, 5.74) is 1.96. The Morgan fingerprint density at radius 3 is 2.37 bits per heavy atom. The second-order valence-electron chi connectivity index (χ2n) is 6.92. The first-order chi connectivity index (χ1) is 14.2. The van der Waals surface area contributed by atoms with Gasteiger partial charge in [0.25, 0.3) is 0 Å². The molecule has 1 saturated heterocycles. The summed E-state index contributed by atoms with van der Waals surface area (Å²) in [4.78, 5) is 29.2. The summed E-state index contributed by atoms with van der Waals surface area (Å²) >= 11 is 0. The van der Waals surface area contributed by atoms with Crippen LogP contribution in [0, 0.1) is 0 Å². The van der Waals surface area contributed by atoms with Gasteiger partial charge < -0.3 is 20.4 Å². The summed E-state index contributed by atoms with van der Waals surface area (Å²) in [5, 5.41) is 6.34. The summed E-state index contributed by atoms with van der Waals surface area (Å²) in [6, 6.07) is 9.74. The number of nitrogens with zero attached hydrogens (tertiary/aromatic N) is 5. The molecule has 0 saturated carbocycles. The topological polar surface area (TPSA) is 85.8 Å². The first-order valence-electron chi connectivity index (χ1n) is 10.1. The summed E-state index contributed by atoms with van der Waals surface area (Å²) in [6.07, 6.45) is 4.94. The van der Waals surface area contributed by atoms with Gasteiger partial charge in [-0.05, 0) is 30.2 Å². The molecule has 1 fully saturated rings. The highest BCUT2D eigenvalue weighted by Crippen LogP contribution is 2.12. The zero-order valence-electron chi connectivity index (χ0n) is 17.5. The number of anilines is 2. The molecule has 0 atom stereocenters. The number of aliphatic imine (C=N–C) groups is 1. The van der Waals surface area contributed by atoms with Crippen molar-refractivity contribution in [1.82, 2.24) is 20.2 Å². The van der Waals surface area contributed by atoms with Gasteiger partial charge in [-0.15, -0.1) is 24.0 Å². The first kappa shape index (κ1) is 23.8. The first-order valence-corrected chi connectivity index (χ1v) is 10.1. The van der Waals surface area contributed by atoms with Crippen molar-refractivity contribution in [1.29, 1.82) is 0 Å². The molecule has 1 aromatic carbocycles. The van der Waals surface area contributed by atoms with Crippen molar-refractivity contribution in [2.45, 2.75) is 26.3 Å². The van der Waals surface area contributed by atoms with Crippen LogP contribution in [0.25, 0.3) is 0 Å². The Morgan fingerprint density at radius 1 is 1.10 bits per heavy atom. The van der Waals surface area contributed by atoms with Gasteiger partial charge in [-0.1, -0.05) is 19.1 Å². The molecular weight excluding hydrogens is 493 g/mol. The van der Waals surface area contributed by atoms with Gasteiger partial charge in [0.05, 0.1) is 0 Å². The number of hydrogen-bond acceptors (Lipinski definition) is 5. The van der Waals surface area contributed by atoms with Crippen LogP contribution in [0.2, 0.25) is 0 Å². The third-order valence-corrected chi connectivity index (χ3v) is 4.79. The zero-order valence-corrected chi connectivity index (χ0v) is 19.9. The highest BCUT2D eigenvalue weighted by molar-refractivity contribution is 14.0. The maximum absolute atomic E-state index is 11.7. The summed E-state index contributed by atoms with van der Waals surface area (Å²) in [6.45, 7) is 6.11. The molecule has 0 aliphatic carbocycles. The highest BCUT2D eigenvalue weighted by atomic mass is 127. The lowest BCUT2D eigenvalue weighted by atomic mass is 10.2. The molecule has 1 amide bonds. The van der Waals surface area contributed by atoms with Gasteiger partial charge in [-0.3, -0.25) is 9.79 Å². The minimum absolute atomic E-state index is 0. The molecule has 0 bridgehead atoms. The quantitative estimate of drug-likeness (QED) is 0.344. The fraction of sp³-hybridized carbons (Fsp3) is 0.429. The van der Waals surface area contributed by atoms with Gasteiger partial charge in [0.1, 0.15) is 0 Å². The monoisotopic (exact) mass is 523 g/mol. The van der Waals surface area contributed by atoms with Crippen LogP contribution in [0.4, 0.5) is 11.6 Å². The van der Waals surface area contributed by atoms with Gasteiger partial charge in [-0.2, -0.15) is 0 Å². The number of rotatable bonds is 6. The third-order valence-electron chi connectivity index (χ3n) is 4.79. The number of benzene rings is 1. The molecule has 1 aliphatic heterocycles. The number of amides is 1. The lowest BCUT2D eigenvalue weighted by molar-refractivity contribution is -0.116. The van der Waals surface area contributed by atoms with Crippen molar-refractivity contribution in [2.24, 2.45) is 4.99 Å². The standard InChI is InChI=1S/C21H29N7O.HI/c1-3-5-19(29)26-18-8-6-17(7-9-18)16-25-20(22-2)27-12-14-28(15-13-27)21-23-10-4-11-24-21;/h4,6-11H,3,5,12-16H2,1-2H3,(H,22,25)(H,26,29);1H. The second-order valence-corrected chi connectivity index (χ2v) is 6.92. The van der Waals surface area contributed by atoms with Gasteiger partial charge in [0.2, 0.25) is 11.9 Å². The minimum Gasteiger partial charge on any atom is -0.352 e. The Kier molecular flexibility index (Phi) is 9.78. The maximum Gasteiger partial charge on any atom is 0.225 e. The Hall–Kier alpha value is -2.43. The Labute approximate surface area is 195 Å². The molecule has 8 nitrogen and oxygen atoms in total. The van der Waals surface area contributed by atoms with Gasteiger partial charge in [0.15, 0.2) is 5.96 Å². The van der Waals surface area contributed by atoms with Crippen molar-refractivity contribution in [3.8, 4) is 0 Å². The molecule has 0 radical (unpaired) electrons. The lowest BCUT2D eigenvalue weighted by Crippen LogP contribution is -2.52. The molecule has 0 unspecified atom stereocenters. The van der Waals surface area contributed by atoms with Crippen LogP contribution in [0.5, 0.6) is 0 Å². The molecular formula is C21H30IN7O. The number of aromatic nitrogens is 2. The zero-order chi connectivity index (χ0) is 20.5. The molecule has 2 aromatic rings. The maximum atomic E-state index is 11.7. The van der Waals surface area contributed by atoms with E-state index in [0.29, 0.717) is 13.0 Å². The molecule has 3 rings (SSSR count). The van der Waals surface area contributed by atoms with Crippen molar-refractivity contribution >= 4 is 47.5 Å². The number of piperazine rings is 1. The van der Waals surface area contributed by atoms with E-state index in [0.717, 1.165) is 55.8 Å². The van der Waals surface area contributed by atoms with Gasteiger partial charge in [-0.25, -0.2) is 9.97 Å². The largest absolute Gasteiger partial charge is 0.352 e. The smallest absolute Gasteiger partial charge is 0.225 e. The van der Waals surface area contributed by atoms with Crippen molar-refractivity contribution in [3.05, 3.63) is 48.3 Å². The number of nitrogens with one attached hydrogen (secondary N) is 2. The molecule has 1 aromatic heterocycles. The van der Waals surface area contributed by atoms with Crippen molar-refractivity contribution < 1.29 is 4.79 Å². The van der Waals surface area contributed by atoms with Crippen LogP contribution >= 0.6 is 24.0 Å². The third kappa shape index (κ3) is 6.82. The summed E-state index contributed by atoms with van der Waals surface area (Å²) < 4.78 is 0. The number of carbonyl (C=O) groups excluding carboxylic acids is 1. The summed E-state index contributed by atoms with van der Waals surface area (Å²) in [5.74, 6) is 1.72. The normalized spacial score (nSPS) is 14.1. The van der Waals surface area contributed by atoms with Crippen LogP contribution in [0.3, 0.4) is 0 Å². The molecule has 2 N–H and O–H groups in total. The van der Waals surface area contributed by atoms with E-state index in [1.807, 2.05) is 37.3 Å². The molecule has 9 heteroatoms. The van der Waals surface area contributed by atoms with E-state index in [2.05, 4.69) is 35.4 Å². The fourth-order valence-electron chi connectivity index (χ4n) is 3.24. The average molecular weight is 523 g/mol. The molecule has 0 spiro atoms. The summed E-state index contributed by atoms with van der Waals surface area (Å²) in [7, 11) is 1.81. The SMILES string of the molecule is CCCC(=O)Nc1ccc(CNC(=NC)N2CCN(c3ncccn3)CC2)cc1.I. The number of halogens is 1. The van der Waals surface area contributed by atoms with Crippen LogP contribution in [0.1, 0.15) is 25.3 Å². The second kappa shape index (κ2) is 12.3. The van der Waals surface area contributed by atoms with E-state index >= 15 is 0 Å². The van der Waals surface area contributed by atoms with E-state index in [4.69, 9.17) is 0 Å². The number of guanidine groups is 1. The van der Waals surface area contributed by atoms with E-state index in [-0.39, 0.29) is 29.9 Å².